The summed E-state index contributed by atoms with van der Waals surface area (Å²) in [5.74, 6) is 0.283. The molecule has 0 fully saturated rings. The molecule has 1 unspecified atom stereocenters. The molecular weight excluding hydrogens is 400 g/mol. The highest BCUT2D eigenvalue weighted by Crippen LogP contribution is 2.47. The summed E-state index contributed by atoms with van der Waals surface area (Å²) in [6.07, 6.45) is 1.13. The molecule has 3 rings (SSSR count). The largest absolute Gasteiger partial charge is 0.426 e. The predicted octanol–water partition coefficient (Wildman–Crippen LogP) is 6.65. The first kappa shape index (κ1) is 24.0. The van der Waals surface area contributed by atoms with Crippen LogP contribution in [0.2, 0.25) is 0 Å². The average Bonchev–Trinajstić information content (AvgIpc) is 2.98. The highest BCUT2D eigenvalue weighted by Gasteiger charge is 2.40. The molecule has 0 aromatic heterocycles. The Labute approximate surface area is 192 Å². The van der Waals surface area contributed by atoms with Crippen LogP contribution in [-0.4, -0.2) is 11.9 Å². The zero-order chi connectivity index (χ0) is 24.0. The molecule has 4 heteroatoms. The van der Waals surface area contributed by atoms with Crippen molar-refractivity contribution in [3.8, 4) is 11.5 Å². The van der Waals surface area contributed by atoms with Crippen LogP contribution in [0, 0.1) is 13.8 Å². The molecule has 2 aromatic carbocycles. The van der Waals surface area contributed by atoms with Crippen LogP contribution < -0.4 is 9.47 Å². The Hall–Kier alpha value is -2.62. The van der Waals surface area contributed by atoms with Gasteiger partial charge in [-0.1, -0.05) is 72.7 Å². The molecule has 32 heavy (non-hydrogen) atoms. The molecule has 0 spiro atoms. The summed E-state index contributed by atoms with van der Waals surface area (Å²) in [7, 11) is 0. The van der Waals surface area contributed by atoms with Crippen molar-refractivity contribution in [2.24, 2.45) is 0 Å². The van der Waals surface area contributed by atoms with Crippen LogP contribution >= 0.6 is 0 Å². The number of carbonyl (C=O) groups excluding carboxylic acids is 2. The predicted molar refractivity (Wildman–Crippen MR) is 128 cm³/mol. The van der Waals surface area contributed by atoms with Gasteiger partial charge in [0, 0.05) is 17.5 Å². The van der Waals surface area contributed by atoms with Gasteiger partial charge in [0.1, 0.15) is 17.4 Å². The van der Waals surface area contributed by atoms with E-state index in [2.05, 4.69) is 53.7 Å². The van der Waals surface area contributed by atoms with E-state index >= 15 is 0 Å². The molecule has 0 saturated carbocycles. The van der Waals surface area contributed by atoms with Gasteiger partial charge in [-0.05, 0) is 53.4 Å². The molecule has 1 aliphatic rings. The number of aryl methyl sites for hydroxylation is 2. The maximum Gasteiger partial charge on any atom is 0.323 e. The summed E-state index contributed by atoms with van der Waals surface area (Å²) in [6, 6.07) is 8.20. The first-order valence-electron chi connectivity index (χ1n) is 11.5. The summed E-state index contributed by atoms with van der Waals surface area (Å²) in [4.78, 5) is 25.2. The normalized spacial score (nSPS) is 16.0. The molecule has 0 N–H and O–H groups in total. The van der Waals surface area contributed by atoms with Gasteiger partial charge >= 0.3 is 11.9 Å². The molecule has 172 valence electrons. The monoisotopic (exact) mass is 436 g/mol. The lowest BCUT2D eigenvalue weighted by Gasteiger charge is -2.27. The maximum absolute atomic E-state index is 13.1. The molecule has 1 aliphatic heterocycles. The van der Waals surface area contributed by atoms with Crippen LogP contribution in [0.5, 0.6) is 11.5 Å². The molecule has 0 radical (unpaired) electrons. The lowest BCUT2D eigenvalue weighted by atomic mass is 9.77. The minimum Gasteiger partial charge on any atom is -0.426 e. The van der Waals surface area contributed by atoms with Crippen molar-refractivity contribution in [2.75, 3.05) is 0 Å². The lowest BCUT2D eigenvalue weighted by molar-refractivity contribution is -0.135. The Morgan fingerprint density at radius 3 is 2.06 bits per heavy atom. The molecular formula is C28H36O4. The van der Waals surface area contributed by atoms with E-state index in [0.29, 0.717) is 17.9 Å². The number of carbonyl (C=O) groups is 2. The fourth-order valence-corrected chi connectivity index (χ4v) is 4.25. The Bertz CT molecular complexity index is 1040. The number of hydrogen-bond acceptors (Lipinski definition) is 4. The van der Waals surface area contributed by atoms with E-state index in [-0.39, 0.29) is 22.8 Å². The molecule has 0 amide bonds. The Kier molecular flexibility index (Phi) is 6.29. The van der Waals surface area contributed by atoms with Crippen LogP contribution in [0.25, 0.3) is 0 Å². The second-order valence-electron chi connectivity index (χ2n) is 11.0. The summed E-state index contributed by atoms with van der Waals surface area (Å²) >= 11 is 0. The number of esters is 2. The van der Waals surface area contributed by atoms with Crippen molar-refractivity contribution in [1.82, 2.24) is 0 Å². The van der Waals surface area contributed by atoms with E-state index in [1.165, 1.54) is 5.56 Å². The van der Waals surface area contributed by atoms with E-state index in [1.807, 2.05) is 32.9 Å². The second-order valence-corrected chi connectivity index (χ2v) is 11.0. The Morgan fingerprint density at radius 1 is 0.969 bits per heavy atom. The highest BCUT2D eigenvalue weighted by atomic mass is 16.5. The van der Waals surface area contributed by atoms with Gasteiger partial charge in [0.2, 0.25) is 0 Å². The van der Waals surface area contributed by atoms with Crippen molar-refractivity contribution in [2.45, 2.75) is 91.9 Å². The smallest absolute Gasteiger partial charge is 0.323 e. The molecule has 1 heterocycles. The number of benzene rings is 2. The standard InChI is InChI=1S/C28H36O4/c1-10-11-22(29)31-24-16(2)12-18(13-17(24)3)23-20-14-19(27(4,5)6)15-21(28(7,8)9)25(20)32-26(23)30/h12-15,23H,10-11H2,1-9H3. The highest BCUT2D eigenvalue weighted by molar-refractivity contribution is 5.90. The topological polar surface area (TPSA) is 52.6 Å². The summed E-state index contributed by atoms with van der Waals surface area (Å²) < 4.78 is 11.5. The molecule has 1 atom stereocenters. The van der Waals surface area contributed by atoms with Crippen LogP contribution in [0.15, 0.2) is 24.3 Å². The van der Waals surface area contributed by atoms with Crippen LogP contribution in [0.4, 0.5) is 0 Å². The number of fused-ring (bicyclic) bond motifs is 1. The molecule has 4 nitrogen and oxygen atoms in total. The quantitative estimate of drug-likeness (QED) is 0.397. The van der Waals surface area contributed by atoms with Gasteiger partial charge < -0.3 is 9.47 Å². The van der Waals surface area contributed by atoms with Gasteiger partial charge in [-0.25, -0.2) is 0 Å². The van der Waals surface area contributed by atoms with Gasteiger partial charge in [0.15, 0.2) is 0 Å². The van der Waals surface area contributed by atoms with Crippen molar-refractivity contribution in [3.05, 3.63) is 57.6 Å². The SMILES string of the molecule is CCCC(=O)Oc1c(C)cc(C2C(=O)Oc3c2cc(C(C)(C)C)cc3C(C)(C)C)cc1C. The third kappa shape index (κ3) is 4.60. The van der Waals surface area contributed by atoms with Crippen LogP contribution in [0.3, 0.4) is 0 Å². The molecule has 0 aliphatic carbocycles. The maximum atomic E-state index is 13.1. The van der Waals surface area contributed by atoms with E-state index < -0.39 is 5.92 Å². The minimum atomic E-state index is -0.494. The first-order valence-corrected chi connectivity index (χ1v) is 11.5. The van der Waals surface area contributed by atoms with Crippen molar-refractivity contribution in [3.63, 3.8) is 0 Å². The molecule has 2 aromatic rings. The fourth-order valence-electron chi connectivity index (χ4n) is 4.25. The zero-order valence-corrected chi connectivity index (χ0v) is 20.9. The van der Waals surface area contributed by atoms with E-state index in [9.17, 15) is 9.59 Å². The van der Waals surface area contributed by atoms with Gasteiger partial charge in [-0.3, -0.25) is 9.59 Å². The van der Waals surface area contributed by atoms with Crippen molar-refractivity contribution >= 4 is 11.9 Å². The van der Waals surface area contributed by atoms with E-state index in [0.717, 1.165) is 34.2 Å². The zero-order valence-electron chi connectivity index (χ0n) is 20.9. The minimum absolute atomic E-state index is 0.0611. The van der Waals surface area contributed by atoms with Gasteiger partial charge in [-0.15, -0.1) is 0 Å². The molecule has 0 saturated heterocycles. The van der Waals surface area contributed by atoms with Crippen LogP contribution in [0.1, 0.15) is 101 Å². The number of hydrogen-bond donors (Lipinski definition) is 0. The Morgan fingerprint density at radius 2 is 1.56 bits per heavy atom. The first-order chi connectivity index (χ1) is 14.7. The van der Waals surface area contributed by atoms with Gasteiger partial charge in [-0.2, -0.15) is 0 Å². The summed E-state index contributed by atoms with van der Waals surface area (Å²) in [5.41, 5.74) is 5.48. The Balaban J connectivity index is 2.14. The third-order valence-electron chi connectivity index (χ3n) is 6.03. The van der Waals surface area contributed by atoms with Gasteiger partial charge in [0.25, 0.3) is 0 Å². The van der Waals surface area contributed by atoms with Crippen molar-refractivity contribution in [1.29, 1.82) is 0 Å². The number of ether oxygens (including phenoxy) is 2. The van der Waals surface area contributed by atoms with Crippen molar-refractivity contribution < 1.29 is 19.1 Å². The number of rotatable bonds is 4. The molecule has 0 bridgehead atoms. The van der Waals surface area contributed by atoms with Gasteiger partial charge in [0.05, 0.1) is 0 Å². The van der Waals surface area contributed by atoms with E-state index in [1.54, 1.807) is 0 Å². The van der Waals surface area contributed by atoms with E-state index in [4.69, 9.17) is 9.47 Å². The third-order valence-corrected chi connectivity index (χ3v) is 6.03. The lowest BCUT2D eigenvalue weighted by Crippen LogP contribution is -2.17. The fraction of sp³-hybridized carbons (Fsp3) is 0.500. The summed E-state index contributed by atoms with van der Waals surface area (Å²) in [6.45, 7) is 18.8. The second kappa shape index (κ2) is 8.38. The summed E-state index contributed by atoms with van der Waals surface area (Å²) in [5, 5.41) is 0. The average molecular weight is 437 g/mol. The van der Waals surface area contributed by atoms with Crippen LogP contribution in [-0.2, 0) is 20.4 Å².